The number of aliphatic carboxylic acids is 1. The molecule has 0 heterocycles. The fraction of sp³-hybridized carbons (Fsp3) is 0.474. The van der Waals surface area contributed by atoms with Gasteiger partial charge in [-0.3, -0.25) is 4.79 Å². The van der Waals surface area contributed by atoms with Crippen LogP contribution in [0.1, 0.15) is 34.1 Å². The third kappa shape index (κ3) is 6.18. The number of carboxylic acids is 1. The van der Waals surface area contributed by atoms with Crippen LogP contribution in [-0.2, 0) is 28.7 Å². The molecule has 0 spiro atoms. The van der Waals surface area contributed by atoms with Gasteiger partial charge in [-0.25, -0.2) is 14.4 Å². The number of aliphatic hydroxyl groups is 1. The Morgan fingerprint density at radius 1 is 1.22 bits per heavy atom. The van der Waals surface area contributed by atoms with Gasteiger partial charge in [0.05, 0.1) is 0 Å². The summed E-state index contributed by atoms with van der Waals surface area (Å²) in [5.41, 5.74) is -1.10. The van der Waals surface area contributed by atoms with Gasteiger partial charge < -0.3 is 19.7 Å². The van der Waals surface area contributed by atoms with Crippen LogP contribution in [0.25, 0.3) is 0 Å². The van der Waals surface area contributed by atoms with Gasteiger partial charge in [-0.15, -0.1) is 0 Å². The summed E-state index contributed by atoms with van der Waals surface area (Å²) in [7, 11) is 0. The lowest BCUT2D eigenvalue weighted by molar-refractivity contribution is -0.161. The number of carbonyl (C=O) groups excluding carboxylic acids is 3. The predicted molar refractivity (Wildman–Crippen MR) is 94.6 cm³/mol. The third-order valence-corrected chi connectivity index (χ3v) is 4.25. The van der Waals surface area contributed by atoms with Gasteiger partial charge in [0.25, 0.3) is 0 Å². The molecule has 0 aliphatic heterocycles. The molecule has 8 heteroatoms. The Balaban J connectivity index is 2.73. The molecule has 1 aliphatic rings. The number of rotatable bonds is 7. The van der Waals surface area contributed by atoms with E-state index in [4.69, 9.17) is 5.11 Å². The largest absolute Gasteiger partial charge is 0.479 e. The smallest absolute Gasteiger partial charge is 0.344 e. The maximum absolute atomic E-state index is 11.7. The fourth-order valence-electron chi connectivity index (χ4n) is 2.71. The van der Waals surface area contributed by atoms with E-state index in [2.05, 4.69) is 9.47 Å². The molecular weight excluding hydrogens is 356 g/mol. The average molecular weight is 380 g/mol. The molecule has 1 aliphatic carbocycles. The van der Waals surface area contributed by atoms with Crippen molar-refractivity contribution in [1.82, 2.24) is 0 Å². The van der Waals surface area contributed by atoms with Crippen LogP contribution in [0.15, 0.2) is 35.5 Å². The Bertz CT molecular complexity index is 726. The molecule has 0 aromatic carbocycles. The summed E-state index contributed by atoms with van der Waals surface area (Å²) in [4.78, 5) is 44.8. The lowest BCUT2D eigenvalue weighted by atomic mass is 9.64. The van der Waals surface area contributed by atoms with Crippen LogP contribution < -0.4 is 0 Å². The summed E-state index contributed by atoms with van der Waals surface area (Å²) >= 11 is 0. The predicted octanol–water partition coefficient (Wildman–Crippen LogP) is 1.34. The van der Waals surface area contributed by atoms with Crippen molar-refractivity contribution >= 4 is 23.7 Å². The minimum Gasteiger partial charge on any atom is -0.479 e. The molecule has 0 saturated carbocycles. The van der Waals surface area contributed by atoms with E-state index in [9.17, 15) is 24.3 Å². The van der Waals surface area contributed by atoms with Gasteiger partial charge in [-0.2, -0.15) is 0 Å². The number of carboxylic acid groups (broad SMARTS) is 1. The molecule has 0 amide bonds. The normalized spacial score (nSPS) is 22.3. The van der Waals surface area contributed by atoms with E-state index in [1.807, 2.05) is 0 Å². The molecule has 0 fully saturated rings. The maximum atomic E-state index is 11.7. The van der Waals surface area contributed by atoms with Crippen molar-refractivity contribution in [2.75, 3.05) is 13.2 Å². The quantitative estimate of drug-likeness (QED) is 0.385. The first-order chi connectivity index (χ1) is 12.4. The summed E-state index contributed by atoms with van der Waals surface area (Å²) in [5.74, 6) is -3.16. The van der Waals surface area contributed by atoms with Gasteiger partial charge in [0.1, 0.15) is 5.60 Å². The molecule has 1 rings (SSSR count). The van der Waals surface area contributed by atoms with Gasteiger partial charge in [-0.05, 0) is 37.1 Å². The number of hydrogen-bond donors (Lipinski definition) is 2. The first-order valence-corrected chi connectivity index (χ1v) is 8.23. The Labute approximate surface area is 157 Å². The van der Waals surface area contributed by atoms with Gasteiger partial charge in [0, 0.05) is 17.9 Å². The molecular formula is C19H24O8. The molecule has 8 nitrogen and oxygen atoms in total. The third-order valence-electron chi connectivity index (χ3n) is 4.25. The van der Waals surface area contributed by atoms with E-state index in [0.717, 1.165) is 6.08 Å². The molecule has 27 heavy (non-hydrogen) atoms. The summed E-state index contributed by atoms with van der Waals surface area (Å²) < 4.78 is 8.99. The minimum atomic E-state index is -1.35. The van der Waals surface area contributed by atoms with Crippen LogP contribution in [-0.4, -0.2) is 52.7 Å². The molecule has 2 N–H and O–H groups in total. The second kappa shape index (κ2) is 8.77. The van der Waals surface area contributed by atoms with Crippen LogP contribution in [0.4, 0.5) is 0 Å². The zero-order valence-electron chi connectivity index (χ0n) is 15.8. The van der Waals surface area contributed by atoms with Crippen molar-refractivity contribution < 1.29 is 38.9 Å². The number of ketones is 1. The fourth-order valence-corrected chi connectivity index (χ4v) is 2.71. The molecule has 1 atom stereocenters. The molecule has 0 aromatic rings. The summed E-state index contributed by atoms with van der Waals surface area (Å²) in [5, 5.41) is 19.4. The molecule has 148 valence electrons. The van der Waals surface area contributed by atoms with Gasteiger partial charge >= 0.3 is 17.9 Å². The zero-order chi connectivity index (χ0) is 20.8. The molecule has 1 unspecified atom stereocenters. The van der Waals surface area contributed by atoms with Crippen LogP contribution in [0.5, 0.6) is 0 Å². The summed E-state index contributed by atoms with van der Waals surface area (Å²) in [6, 6.07) is 0. The number of esters is 2. The van der Waals surface area contributed by atoms with E-state index in [1.165, 1.54) is 18.2 Å². The highest BCUT2D eigenvalue weighted by Crippen LogP contribution is 2.44. The molecule has 0 bridgehead atoms. The molecule has 0 radical (unpaired) electrons. The van der Waals surface area contributed by atoms with Crippen LogP contribution in [0, 0.1) is 5.41 Å². The maximum Gasteiger partial charge on any atom is 0.344 e. The van der Waals surface area contributed by atoms with Crippen LogP contribution in [0.3, 0.4) is 0 Å². The second-order valence-corrected chi connectivity index (χ2v) is 7.00. The first-order valence-electron chi connectivity index (χ1n) is 8.23. The van der Waals surface area contributed by atoms with Gasteiger partial charge in [0.15, 0.2) is 19.0 Å². The highest BCUT2D eigenvalue weighted by Gasteiger charge is 2.46. The lowest BCUT2D eigenvalue weighted by Crippen LogP contribution is -2.48. The Morgan fingerprint density at radius 3 is 2.41 bits per heavy atom. The number of carbonyl (C=O) groups is 4. The number of ether oxygens (including phenoxy) is 2. The minimum absolute atomic E-state index is 0.0544. The number of allylic oxidation sites excluding steroid dienone is 3. The lowest BCUT2D eigenvalue weighted by Gasteiger charge is -2.43. The average Bonchev–Trinajstić information content (AvgIpc) is 2.53. The van der Waals surface area contributed by atoms with Gasteiger partial charge in [0.2, 0.25) is 0 Å². The summed E-state index contributed by atoms with van der Waals surface area (Å²) in [6.07, 6.45) is 5.76. The van der Waals surface area contributed by atoms with Crippen molar-refractivity contribution in [3.05, 3.63) is 35.5 Å². The standard InChI is InChI=1S/C19H24O8/c1-12(7-16(23)27-11-17(24)26-10-15(21)22)5-6-19(25)13(2)8-14(20)9-18(19,3)4/h5-8,25H,9-11H2,1-4H3,(H,21,22)/b6-5+,12-7-. The van der Waals surface area contributed by atoms with E-state index in [-0.39, 0.29) is 12.2 Å². The van der Waals surface area contributed by atoms with Crippen LogP contribution in [0.2, 0.25) is 0 Å². The van der Waals surface area contributed by atoms with E-state index < -0.39 is 42.1 Å². The Hall–Kier alpha value is -2.74. The highest BCUT2D eigenvalue weighted by molar-refractivity contribution is 5.92. The molecule has 0 saturated heterocycles. The van der Waals surface area contributed by atoms with Crippen molar-refractivity contribution in [2.45, 2.75) is 39.7 Å². The first kappa shape index (κ1) is 22.3. The number of hydrogen-bond acceptors (Lipinski definition) is 7. The zero-order valence-corrected chi connectivity index (χ0v) is 15.8. The van der Waals surface area contributed by atoms with E-state index in [1.54, 1.807) is 27.7 Å². The second-order valence-electron chi connectivity index (χ2n) is 7.00. The monoisotopic (exact) mass is 380 g/mol. The highest BCUT2D eigenvalue weighted by atomic mass is 16.6. The SMILES string of the molecule is CC1=CC(=O)CC(C)(C)C1(O)/C=C/C(C)=C\C(=O)OCC(=O)OCC(=O)O. The van der Waals surface area contributed by atoms with Crippen molar-refractivity contribution in [3.63, 3.8) is 0 Å². The summed E-state index contributed by atoms with van der Waals surface area (Å²) in [6.45, 7) is 5.31. The Morgan fingerprint density at radius 2 is 1.85 bits per heavy atom. The van der Waals surface area contributed by atoms with E-state index in [0.29, 0.717) is 11.1 Å². The van der Waals surface area contributed by atoms with Crippen molar-refractivity contribution in [2.24, 2.45) is 5.41 Å². The Kier molecular flexibility index (Phi) is 7.24. The van der Waals surface area contributed by atoms with Gasteiger partial charge in [-0.1, -0.05) is 19.9 Å². The van der Waals surface area contributed by atoms with Crippen molar-refractivity contribution in [3.8, 4) is 0 Å². The van der Waals surface area contributed by atoms with Crippen LogP contribution >= 0.6 is 0 Å². The topological polar surface area (TPSA) is 127 Å². The van der Waals surface area contributed by atoms with E-state index >= 15 is 0 Å². The van der Waals surface area contributed by atoms with Crippen molar-refractivity contribution in [1.29, 1.82) is 0 Å². The molecule has 0 aromatic heterocycles.